The topological polar surface area (TPSA) is 72.0 Å². The Balaban J connectivity index is 3.06. The SMILES string of the molecule is CCC(C)Oc1nccc(C)c1C(=N)N. The highest BCUT2D eigenvalue weighted by Crippen LogP contribution is 2.19. The third kappa shape index (κ3) is 2.68. The Hall–Kier alpha value is -1.58. The molecule has 1 atom stereocenters. The van der Waals surface area contributed by atoms with Gasteiger partial charge in [0.2, 0.25) is 5.88 Å². The molecular formula is C11H17N3O. The smallest absolute Gasteiger partial charge is 0.225 e. The summed E-state index contributed by atoms with van der Waals surface area (Å²) in [5.74, 6) is 0.454. The van der Waals surface area contributed by atoms with E-state index in [9.17, 15) is 0 Å². The second-order valence-corrected chi connectivity index (χ2v) is 3.56. The minimum absolute atomic E-state index is 0.00102. The van der Waals surface area contributed by atoms with Crippen LogP contribution in [-0.2, 0) is 0 Å². The summed E-state index contributed by atoms with van der Waals surface area (Å²) >= 11 is 0. The normalized spacial score (nSPS) is 12.2. The van der Waals surface area contributed by atoms with Gasteiger partial charge in [0, 0.05) is 6.20 Å². The van der Waals surface area contributed by atoms with E-state index in [0.29, 0.717) is 11.4 Å². The van der Waals surface area contributed by atoms with E-state index in [-0.39, 0.29) is 11.9 Å². The molecule has 82 valence electrons. The van der Waals surface area contributed by atoms with E-state index in [4.69, 9.17) is 15.9 Å². The van der Waals surface area contributed by atoms with Crippen LogP contribution in [-0.4, -0.2) is 16.9 Å². The predicted molar refractivity (Wildman–Crippen MR) is 60.4 cm³/mol. The summed E-state index contributed by atoms with van der Waals surface area (Å²) in [7, 11) is 0. The van der Waals surface area contributed by atoms with Gasteiger partial charge < -0.3 is 10.5 Å². The lowest BCUT2D eigenvalue weighted by atomic mass is 10.1. The lowest BCUT2D eigenvalue weighted by molar-refractivity contribution is 0.208. The zero-order chi connectivity index (χ0) is 11.4. The summed E-state index contributed by atoms with van der Waals surface area (Å²) in [4.78, 5) is 4.11. The van der Waals surface area contributed by atoms with Crippen molar-refractivity contribution in [2.75, 3.05) is 0 Å². The molecule has 3 N–H and O–H groups in total. The summed E-state index contributed by atoms with van der Waals surface area (Å²) in [6.45, 7) is 5.89. The number of nitrogen functional groups attached to an aromatic ring is 1. The third-order valence-corrected chi connectivity index (χ3v) is 2.28. The number of pyridine rings is 1. The molecule has 0 aliphatic rings. The van der Waals surface area contributed by atoms with Gasteiger partial charge in [0.25, 0.3) is 0 Å². The first kappa shape index (κ1) is 11.5. The zero-order valence-electron chi connectivity index (χ0n) is 9.37. The van der Waals surface area contributed by atoms with Crippen molar-refractivity contribution in [3.63, 3.8) is 0 Å². The van der Waals surface area contributed by atoms with Gasteiger partial charge >= 0.3 is 0 Å². The van der Waals surface area contributed by atoms with E-state index in [2.05, 4.69) is 4.98 Å². The summed E-state index contributed by atoms with van der Waals surface area (Å²) < 4.78 is 5.60. The minimum Gasteiger partial charge on any atom is -0.474 e. The number of nitrogens with zero attached hydrogens (tertiary/aromatic N) is 1. The molecule has 0 saturated carbocycles. The third-order valence-electron chi connectivity index (χ3n) is 2.28. The predicted octanol–water partition coefficient (Wildman–Crippen LogP) is 1.85. The van der Waals surface area contributed by atoms with Crippen molar-refractivity contribution in [2.45, 2.75) is 33.3 Å². The molecule has 4 nitrogen and oxygen atoms in total. The summed E-state index contributed by atoms with van der Waals surface area (Å²) in [6, 6.07) is 1.82. The molecule has 0 amide bonds. The van der Waals surface area contributed by atoms with Crippen molar-refractivity contribution < 1.29 is 4.74 Å². The van der Waals surface area contributed by atoms with Crippen LogP contribution in [0.25, 0.3) is 0 Å². The maximum absolute atomic E-state index is 7.48. The van der Waals surface area contributed by atoms with Gasteiger partial charge in [-0.25, -0.2) is 4.98 Å². The monoisotopic (exact) mass is 207 g/mol. The molecule has 0 radical (unpaired) electrons. The number of hydrogen-bond acceptors (Lipinski definition) is 3. The summed E-state index contributed by atoms with van der Waals surface area (Å²) in [5.41, 5.74) is 7.00. The van der Waals surface area contributed by atoms with Gasteiger partial charge in [-0.05, 0) is 31.9 Å². The molecule has 0 aliphatic carbocycles. The standard InChI is InChI=1S/C11H17N3O/c1-4-8(3)15-11-9(10(12)13)7(2)5-6-14-11/h5-6,8H,4H2,1-3H3,(H3,12,13). The van der Waals surface area contributed by atoms with Gasteiger partial charge in [0.05, 0.1) is 11.7 Å². The number of aryl methyl sites for hydroxylation is 1. The van der Waals surface area contributed by atoms with Gasteiger partial charge in [-0.1, -0.05) is 6.92 Å². The van der Waals surface area contributed by atoms with Gasteiger partial charge in [-0.15, -0.1) is 0 Å². The molecule has 0 aromatic carbocycles. The van der Waals surface area contributed by atoms with Crippen LogP contribution in [0.3, 0.4) is 0 Å². The van der Waals surface area contributed by atoms with Crippen LogP contribution in [0.1, 0.15) is 31.4 Å². The molecular weight excluding hydrogens is 190 g/mol. The van der Waals surface area contributed by atoms with Crippen molar-refractivity contribution in [3.8, 4) is 5.88 Å². The number of aromatic nitrogens is 1. The summed E-state index contributed by atoms with van der Waals surface area (Å²) in [6.07, 6.45) is 2.64. The molecule has 1 aromatic rings. The van der Waals surface area contributed by atoms with Gasteiger partial charge in [0.1, 0.15) is 5.84 Å². The van der Waals surface area contributed by atoms with Crippen LogP contribution in [0, 0.1) is 12.3 Å². The fourth-order valence-corrected chi connectivity index (χ4v) is 1.22. The van der Waals surface area contributed by atoms with E-state index in [1.807, 2.05) is 26.8 Å². The van der Waals surface area contributed by atoms with Crippen molar-refractivity contribution in [1.29, 1.82) is 5.41 Å². The van der Waals surface area contributed by atoms with E-state index in [1.165, 1.54) is 0 Å². The Kier molecular flexibility index (Phi) is 3.66. The van der Waals surface area contributed by atoms with Crippen molar-refractivity contribution in [1.82, 2.24) is 4.98 Å². The molecule has 1 aromatic heterocycles. The van der Waals surface area contributed by atoms with Gasteiger partial charge in [-0.3, -0.25) is 5.41 Å². The maximum Gasteiger partial charge on any atom is 0.225 e. The number of hydrogen-bond donors (Lipinski definition) is 2. The Bertz CT molecular complexity index is 363. The Morgan fingerprint density at radius 3 is 2.87 bits per heavy atom. The molecule has 4 heteroatoms. The van der Waals surface area contributed by atoms with Gasteiger partial charge in [0.15, 0.2) is 0 Å². The molecule has 1 heterocycles. The molecule has 15 heavy (non-hydrogen) atoms. The quantitative estimate of drug-likeness (QED) is 0.584. The molecule has 0 saturated heterocycles. The molecule has 0 spiro atoms. The largest absolute Gasteiger partial charge is 0.474 e. The van der Waals surface area contributed by atoms with Crippen LogP contribution in [0.2, 0.25) is 0 Å². The van der Waals surface area contributed by atoms with Crippen LogP contribution in [0.15, 0.2) is 12.3 Å². The zero-order valence-corrected chi connectivity index (χ0v) is 9.37. The van der Waals surface area contributed by atoms with Gasteiger partial charge in [-0.2, -0.15) is 0 Å². The molecule has 0 bridgehead atoms. The van der Waals surface area contributed by atoms with E-state index in [0.717, 1.165) is 12.0 Å². The Morgan fingerprint density at radius 1 is 1.67 bits per heavy atom. The molecule has 1 rings (SSSR count). The van der Waals surface area contributed by atoms with Crippen LogP contribution >= 0.6 is 0 Å². The first-order valence-electron chi connectivity index (χ1n) is 5.03. The molecule has 0 fully saturated rings. The number of nitrogens with two attached hydrogens (primary N) is 1. The highest BCUT2D eigenvalue weighted by molar-refractivity contribution is 5.98. The van der Waals surface area contributed by atoms with E-state index in [1.54, 1.807) is 6.20 Å². The number of amidine groups is 1. The molecule has 1 unspecified atom stereocenters. The Labute approximate surface area is 90.0 Å². The van der Waals surface area contributed by atoms with Crippen LogP contribution in [0.4, 0.5) is 0 Å². The van der Waals surface area contributed by atoms with Crippen LogP contribution in [0.5, 0.6) is 5.88 Å². The average Bonchev–Trinajstić information content (AvgIpc) is 2.17. The molecule has 0 aliphatic heterocycles. The average molecular weight is 207 g/mol. The summed E-state index contributed by atoms with van der Waals surface area (Å²) in [5, 5.41) is 7.48. The Morgan fingerprint density at radius 2 is 2.33 bits per heavy atom. The number of rotatable bonds is 4. The van der Waals surface area contributed by atoms with Crippen molar-refractivity contribution in [3.05, 3.63) is 23.4 Å². The number of nitrogens with one attached hydrogen (secondary N) is 1. The second kappa shape index (κ2) is 4.77. The van der Waals surface area contributed by atoms with Crippen molar-refractivity contribution >= 4 is 5.84 Å². The second-order valence-electron chi connectivity index (χ2n) is 3.56. The first-order chi connectivity index (χ1) is 7.06. The lowest BCUT2D eigenvalue weighted by Crippen LogP contribution is -2.19. The highest BCUT2D eigenvalue weighted by atomic mass is 16.5. The van der Waals surface area contributed by atoms with E-state index >= 15 is 0 Å². The lowest BCUT2D eigenvalue weighted by Gasteiger charge is -2.15. The van der Waals surface area contributed by atoms with Crippen molar-refractivity contribution in [2.24, 2.45) is 5.73 Å². The maximum atomic E-state index is 7.48. The number of ether oxygens (including phenoxy) is 1. The van der Waals surface area contributed by atoms with Crippen LogP contribution < -0.4 is 10.5 Å². The fourth-order valence-electron chi connectivity index (χ4n) is 1.22. The first-order valence-corrected chi connectivity index (χ1v) is 5.03. The minimum atomic E-state index is -0.00102. The fraction of sp³-hybridized carbons (Fsp3) is 0.455. The highest BCUT2D eigenvalue weighted by Gasteiger charge is 2.13. The van der Waals surface area contributed by atoms with E-state index < -0.39 is 0 Å².